The van der Waals surface area contributed by atoms with Gasteiger partial charge in [0.25, 0.3) is 0 Å². The molecule has 0 saturated heterocycles. The van der Waals surface area contributed by atoms with Gasteiger partial charge in [0, 0.05) is 17.2 Å². The van der Waals surface area contributed by atoms with Gasteiger partial charge in [-0.25, -0.2) is 0 Å². The first kappa shape index (κ1) is 8.76. The van der Waals surface area contributed by atoms with E-state index in [1.54, 1.807) is 0 Å². The van der Waals surface area contributed by atoms with Crippen molar-refractivity contribution >= 4 is 17.7 Å². The van der Waals surface area contributed by atoms with Crippen LogP contribution in [0.4, 0.5) is 0 Å². The third kappa shape index (κ3) is 2.22. The van der Waals surface area contributed by atoms with Gasteiger partial charge >= 0.3 is 0 Å². The van der Waals surface area contributed by atoms with E-state index in [9.17, 15) is 4.79 Å². The molecule has 1 N–H and O–H groups in total. The van der Waals surface area contributed by atoms with Crippen molar-refractivity contribution < 1.29 is 4.79 Å². The number of halogens is 1. The Morgan fingerprint density at radius 3 is 2.22 bits per heavy atom. The van der Waals surface area contributed by atoms with E-state index in [4.69, 9.17) is 11.8 Å². The summed E-state index contributed by atoms with van der Waals surface area (Å²) in [6, 6.07) is 0. The van der Waals surface area contributed by atoms with Crippen LogP contribution < -0.4 is 4.84 Å². The molecular weight excluding hydrogens is 138 g/mol. The molecule has 9 heavy (non-hydrogen) atoms. The molecule has 0 saturated carbocycles. The number of rotatable bonds is 2. The van der Waals surface area contributed by atoms with Crippen LogP contribution >= 0.6 is 11.8 Å². The van der Waals surface area contributed by atoms with Gasteiger partial charge in [0.1, 0.15) is 0 Å². The Morgan fingerprint density at radius 2 is 2.11 bits per heavy atom. The number of amides is 1. The molecule has 3 heteroatoms. The molecule has 0 spiro atoms. The van der Waals surface area contributed by atoms with Gasteiger partial charge in [0.2, 0.25) is 5.91 Å². The quantitative estimate of drug-likeness (QED) is 0.595. The van der Waals surface area contributed by atoms with E-state index in [2.05, 4.69) is 4.84 Å². The van der Waals surface area contributed by atoms with Gasteiger partial charge in [-0.1, -0.05) is 20.8 Å². The first-order valence-electron chi connectivity index (χ1n) is 2.95. The van der Waals surface area contributed by atoms with Crippen LogP contribution in [0.1, 0.15) is 27.2 Å². The highest BCUT2D eigenvalue weighted by Crippen LogP contribution is 2.19. The standard InChI is InChI=1S/C6H12ClNO/c1-4-6(2,3)5(9)8-7/h4H2,1-3H3,(H,8,9). The lowest BCUT2D eigenvalue weighted by atomic mass is 9.90. The Hall–Kier alpha value is -0.240. The van der Waals surface area contributed by atoms with Crippen molar-refractivity contribution in [3.63, 3.8) is 0 Å². The summed E-state index contributed by atoms with van der Waals surface area (Å²) in [5, 5.41) is 0. The van der Waals surface area contributed by atoms with Crippen LogP contribution in [0.2, 0.25) is 0 Å². The second-order valence-electron chi connectivity index (χ2n) is 2.66. The first-order chi connectivity index (χ1) is 4.04. The zero-order valence-electron chi connectivity index (χ0n) is 5.99. The number of nitrogens with one attached hydrogen (secondary N) is 1. The summed E-state index contributed by atoms with van der Waals surface area (Å²) in [5.74, 6) is -0.119. The minimum atomic E-state index is -0.332. The predicted octanol–water partition coefficient (Wildman–Crippen LogP) is 1.69. The molecule has 0 rings (SSSR count). The van der Waals surface area contributed by atoms with Crippen molar-refractivity contribution in [2.24, 2.45) is 5.41 Å². The maximum absolute atomic E-state index is 10.8. The maximum Gasteiger partial charge on any atom is 0.239 e. The lowest BCUT2D eigenvalue weighted by Crippen LogP contribution is -2.30. The summed E-state index contributed by atoms with van der Waals surface area (Å²) in [4.78, 5) is 12.9. The van der Waals surface area contributed by atoms with Crippen LogP contribution in [-0.2, 0) is 4.79 Å². The highest BCUT2D eigenvalue weighted by molar-refractivity contribution is 6.22. The maximum atomic E-state index is 10.8. The highest BCUT2D eigenvalue weighted by atomic mass is 35.5. The molecule has 0 aliphatic carbocycles. The Morgan fingerprint density at radius 1 is 1.67 bits per heavy atom. The molecule has 0 aliphatic rings. The van der Waals surface area contributed by atoms with Gasteiger partial charge < -0.3 is 0 Å². The van der Waals surface area contributed by atoms with E-state index in [0.717, 1.165) is 6.42 Å². The molecule has 0 fully saturated rings. The molecule has 0 aromatic rings. The van der Waals surface area contributed by atoms with E-state index in [1.165, 1.54) is 0 Å². The summed E-state index contributed by atoms with van der Waals surface area (Å²) >= 11 is 5.12. The van der Waals surface area contributed by atoms with Gasteiger partial charge in [0.15, 0.2) is 0 Å². The zero-order chi connectivity index (χ0) is 7.49. The number of hydrogen-bond donors (Lipinski definition) is 1. The molecule has 0 atom stereocenters. The Labute approximate surface area is 60.7 Å². The Kier molecular flexibility index (Phi) is 2.98. The van der Waals surface area contributed by atoms with E-state index in [0.29, 0.717) is 0 Å². The van der Waals surface area contributed by atoms with Gasteiger partial charge in [-0.2, -0.15) is 0 Å². The second kappa shape index (κ2) is 3.06. The topological polar surface area (TPSA) is 29.1 Å². The third-order valence-electron chi connectivity index (χ3n) is 1.58. The van der Waals surface area contributed by atoms with E-state index < -0.39 is 0 Å². The van der Waals surface area contributed by atoms with E-state index in [-0.39, 0.29) is 11.3 Å². The molecule has 0 aromatic heterocycles. The fraction of sp³-hybridized carbons (Fsp3) is 0.833. The van der Waals surface area contributed by atoms with Gasteiger partial charge in [-0.15, -0.1) is 0 Å². The third-order valence-corrected chi connectivity index (χ3v) is 1.76. The fourth-order valence-electron chi connectivity index (χ4n) is 0.288. The molecule has 2 nitrogen and oxygen atoms in total. The van der Waals surface area contributed by atoms with Crippen molar-refractivity contribution in [1.82, 2.24) is 4.84 Å². The van der Waals surface area contributed by atoms with Gasteiger partial charge in [-0.05, 0) is 6.42 Å². The van der Waals surface area contributed by atoms with E-state index >= 15 is 0 Å². The summed E-state index contributed by atoms with van der Waals surface area (Å²) in [6.45, 7) is 5.65. The molecule has 0 bridgehead atoms. The van der Waals surface area contributed by atoms with Crippen molar-refractivity contribution in [2.45, 2.75) is 27.2 Å². The second-order valence-corrected chi connectivity index (χ2v) is 2.85. The summed E-state index contributed by atoms with van der Waals surface area (Å²) in [5.41, 5.74) is -0.332. The SMILES string of the molecule is CCC(C)(C)C(=O)NCl. The van der Waals surface area contributed by atoms with Crippen LogP contribution in [0, 0.1) is 5.41 Å². The minimum Gasteiger partial charge on any atom is -0.273 e. The molecule has 0 unspecified atom stereocenters. The van der Waals surface area contributed by atoms with Crippen LogP contribution in [0.15, 0.2) is 0 Å². The normalized spacial score (nSPS) is 11.1. The number of carbonyl (C=O) groups excluding carboxylic acids is 1. The van der Waals surface area contributed by atoms with Crippen LogP contribution in [0.5, 0.6) is 0 Å². The average Bonchev–Trinajstić information content (AvgIpc) is 1.86. The Bertz CT molecular complexity index is 112. The lowest BCUT2D eigenvalue weighted by Gasteiger charge is -2.18. The van der Waals surface area contributed by atoms with Crippen molar-refractivity contribution in [3.05, 3.63) is 0 Å². The predicted molar refractivity (Wildman–Crippen MR) is 38.1 cm³/mol. The number of hydrogen-bond acceptors (Lipinski definition) is 1. The largest absolute Gasteiger partial charge is 0.273 e. The number of carbonyl (C=O) groups is 1. The summed E-state index contributed by atoms with van der Waals surface area (Å²) in [7, 11) is 0. The molecule has 0 aromatic carbocycles. The van der Waals surface area contributed by atoms with Crippen LogP contribution in [0.3, 0.4) is 0 Å². The molecule has 0 radical (unpaired) electrons. The average molecular weight is 150 g/mol. The minimum absolute atomic E-state index is 0.119. The van der Waals surface area contributed by atoms with Crippen molar-refractivity contribution in [2.75, 3.05) is 0 Å². The smallest absolute Gasteiger partial charge is 0.239 e. The molecule has 0 heterocycles. The summed E-state index contributed by atoms with van der Waals surface area (Å²) in [6.07, 6.45) is 0.797. The monoisotopic (exact) mass is 149 g/mol. The van der Waals surface area contributed by atoms with Crippen molar-refractivity contribution in [3.8, 4) is 0 Å². The fourth-order valence-corrected chi connectivity index (χ4v) is 0.544. The molecule has 54 valence electrons. The lowest BCUT2D eigenvalue weighted by molar-refractivity contribution is -0.127. The first-order valence-corrected chi connectivity index (χ1v) is 3.33. The van der Waals surface area contributed by atoms with E-state index in [1.807, 2.05) is 20.8 Å². The van der Waals surface area contributed by atoms with Crippen molar-refractivity contribution in [1.29, 1.82) is 0 Å². The molecule has 1 amide bonds. The molecule has 0 aliphatic heterocycles. The van der Waals surface area contributed by atoms with Gasteiger partial charge in [-0.3, -0.25) is 9.63 Å². The van der Waals surface area contributed by atoms with Crippen LogP contribution in [-0.4, -0.2) is 5.91 Å². The van der Waals surface area contributed by atoms with Gasteiger partial charge in [0.05, 0.1) is 0 Å². The van der Waals surface area contributed by atoms with Crippen LogP contribution in [0.25, 0.3) is 0 Å². The summed E-state index contributed by atoms with van der Waals surface area (Å²) < 4.78 is 0. The highest BCUT2D eigenvalue weighted by Gasteiger charge is 2.24. The Balaban J connectivity index is 3.97. The molecular formula is C6H12ClNO. The zero-order valence-corrected chi connectivity index (χ0v) is 6.75.